The first-order chi connectivity index (χ1) is 20.0. The highest BCUT2D eigenvalue weighted by Gasteiger charge is 2.72. The van der Waals surface area contributed by atoms with Crippen molar-refractivity contribution in [3.8, 4) is 16.9 Å². The largest absolute Gasteiger partial charge is 0.507 e. The summed E-state index contributed by atoms with van der Waals surface area (Å²) in [6, 6.07) is 9.86. The van der Waals surface area contributed by atoms with E-state index in [1.807, 2.05) is 51.1 Å². The molecule has 0 unspecified atom stereocenters. The summed E-state index contributed by atoms with van der Waals surface area (Å²) >= 11 is 0. The third kappa shape index (κ3) is 4.05. The maximum atomic E-state index is 14.7. The number of carbonyl (C=O) groups excluding carboxylic acids is 3. The van der Waals surface area contributed by atoms with Gasteiger partial charge in [0.15, 0.2) is 11.4 Å². The number of allylic oxidation sites excluding steroid dienone is 1. The van der Waals surface area contributed by atoms with Gasteiger partial charge in [-0.05, 0) is 79.2 Å². The van der Waals surface area contributed by atoms with E-state index < -0.39 is 45.5 Å². The Morgan fingerprint density at radius 2 is 1.63 bits per heavy atom. The first-order valence-corrected chi connectivity index (χ1v) is 15.4. The number of rotatable bonds is 5. The molecule has 3 N–H and O–H groups in total. The molecular formula is C37H44O6. The number of Topliss-reactive ketones (excluding diaryl/α,β-unsaturated/α-hetero) is 3. The molecule has 3 aliphatic carbocycles. The van der Waals surface area contributed by atoms with Crippen LogP contribution >= 0.6 is 0 Å². The van der Waals surface area contributed by atoms with Crippen LogP contribution in [0.25, 0.3) is 16.9 Å². The van der Waals surface area contributed by atoms with Crippen molar-refractivity contribution in [1.82, 2.24) is 0 Å². The Kier molecular flexibility index (Phi) is 7.21. The average Bonchev–Trinajstić information content (AvgIpc) is 2.90. The fraction of sp³-hybridized carbons (Fsp3) is 0.486. The van der Waals surface area contributed by atoms with Gasteiger partial charge in [0, 0.05) is 22.0 Å². The summed E-state index contributed by atoms with van der Waals surface area (Å²) in [5.74, 6) is -3.26. The molecule has 0 saturated heterocycles. The van der Waals surface area contributed by atoms with Gasteiger partial charge in [-0.1, -0.05) is 78.3 Å². The monoisotopic (exact) mass is 584 g/mol. The van der Waals surface area contributed by atoms with Crippen molar-refractivity contribution in [3.05, 3.63) is 69.3 Å². The van der Waals surface area contributed by atoms with Gasteiger partial charge in [-0.2, -0.15) is 0 Å². The SMILES string of the molecule is CCc1ccc(-c2cc(C(C)C)c3c(c2O)C(O)=C2C(=O)[C@]4(O)C(=O)C(C(C)=O)=C(C)[C@@H](C(C)C)[C@]4(C)C[C@]2(C)C3)cc1. The summed E-state index contributed by atoms with van der Waals surface area (Å²) in [7, 11) is 0. The van der Waals surface area contributed by atoms with Crippen LogP contribution in [-0.4, -0.2) is 38.3 Å². The standard InChI is InChI=1S/C37H44O6/c1-10-22-11-13-23(14-12-22)25-15-24(18(2)3)26-16-35(8)17-36(9)29(19(4)5)20(6)27(21(7)38)33(41)37(36,43)34(42)30(35)32(40)28(26)31(25)39/h11-15,18-19,29,39-40,43H,10,16-17H2,1-9H3/t29-,35+,36+,37-/m1/s1. The lowest BCUT2D eigenvalue weighted by atomic mass is 9.42. The van der Waals surface area contributed by atoms with Crippen LogP contribution in [0, 0.1) is 22.7 Å². The quantitative estimate of drug-likeness (QED) is 0.257. The first kappa shape index (κ1) is 30.9. The molecule has 228 valence electrons. The molecule has 43 heavy (non-hydrogen) atoms. The second-order valence-corrected chi connectivity index (χ2v) is 14.2. The second-order valence-electron chi connectivity index (χ2n) is 14.2. The Labute approximate surface area is 254 Å². The highest BCUT2D eigenvalue weighted by atomic mass is 16.3. The van der Waals surface area contributed by atoms with Crippen molar-refractivity contribution in [2.75, 3.05) is 0 Å². The van der Waals surface area contributed by atoms with E-state index in [2.05, 4.69) is 20.8 Å². The van der Waals surface area contributed by atoms with Gasteiger partial charge in [-0.25, -0.2) is 0 Å². The molecule has 6 heteroatoms. The fourth-order valence-corrected chi connectivity index (χ4v) is 9.00. The molecule has 3 aliphatic rings. The van der Waals surface area contributed by atoms with Crippen molar-refractivity contribution in [3.63, 3.8) is 0 Å². The number of phenolic OH excluding ortho intramolecular Hbond substituents is 1. The average molecular weight is 585 g/mol. The van der Waals surface area contributed by atoms with Crippen LogP contribution in [-0.2, 0) is 27.2 Å². The number of aliphatic hydroxyl groups is 2. The third-order valence-corrected chi connectivity index (χ3v) is 10.6. The van der Waals surface area contributed by atoms with Gasteiger partial charge in [0.25, 0.3) is 0 Å². The van der Waals surface area contributed by atoms with Crippen molar-refractivity contribution >= 4 is 23.1 Å². The minimum atomic E-state index is -2.53. The molecule has 6 nitrogen and oxygen atoms in total. The normalized spacial score (nSPS) is 28.8. The van der Waals surface area contributed by atoms with Crippen LogP contribution in [0.2, 0.25) is 0 Å². The van der Waals surface area contributed by atoms with Crippen molar-refractivity contribution in [1.29, 1.82) is 0 Å². The number of benzene rings is 2. The predicted octanol–water partition coefficient (Wildman–Crippen LogP) is 7.05. The second kappa shape index (κ2) is 10.0. The van der Waals surface area contributed by atoms with Crippen LogP contribution in [0.4, 0.5) is 0 Å². The van der Waals surface area contributed by atoms with E-state index in [0.29, 0.717) is 17.6 Å². The Bertz CT molecular complexity index is 1640. The van der Waals surface area contributed by atoms with Crippen LogP contribution in [0.5, 0.6) is 5.75 Å². The molecule has 5 rings (SSSR count). The minimum absolute atomic E-state index is 0.0516. The van der Waals surface area contributed by atoms with Gasteiger partial charge in [0.1, 0.15) is 11.5 Å². The van der Waals surface area contributed by atoms with Gasteiger partial charge in [-0.15, -0.1) is 0 Å². The summed E-state index contributed by atoms with van der Waals surface area (Å²) < 4.78 is 0. The molecule has 0 bridgehead atoms. The zero-order chi connectivity index (χ0) is 32.0. The maximum Gasteiger partial charge on any atom is 0.206 e. The third-order valence-electron chi connectivity index (χ3n) is 10.6. The van der Waals surface area contributed by atoms with Gasteiger partial charge < -0.3 is 15.3 Å². The number of fused-ring (bicyclic) bond motifs is 3. The molecule has 2 aromatic rings. The molecule has 1 saturated carbocycles. The lowest BCUT2D eigenvalue weighted by Gasteiger charge is -2.60. The zero-order valence-corrected chi connectivity index (χ0v) is 26.8. The summed E-state index contributed by atoms with van der Waals surface area (Å²) in [5, 5.41) is 36.1. The van der Waals surface area contributed by atoms with E-state index in [9.17, 15) is 29.7 Å². The van der Waals surface area contributed by atoms with Gasteiger partial charge in [0.05, 0.1) is 11.1 Å². The molecule has 0 aliphatic heterocycles. The van der Waals surface area contributed by atoms with Gasteiger partial charge in [-0.3, -0.25) is 14.4 Å². The minimum Gasteiger partial charge on any atom is -0.507 e. The Hall–Kier alpha value is -3.51. The number of carbonyl (C=O) groups is 3. The summed E-state index contributed by atoms with van der Waals surface area (Å²) in [6.07, 6.45) is 1.45. The van der Waals surface area contributed by atoms with Gasteiger partial charge in [0.2, 0.25) is 11.6 Å². The molecule has 0 amide bonds. The zero-order valence-electron chi connectivity index (χ0n) is 26.8. The number of aromatic hydroxyl groups is 1. The topological polar surface area (TPSA) is 112 Å². The van der Waals surface area contributed by atoms with E-state index in [1.54, 1.807) is 13.8 Å². The van der Waals surface area contributed by atoms with Crippen molar-refractivity contribution < 1.29 is 29.7 Å². The molecule has 2 aromatic carbocycles. The first-order valence-electron chi connectivity index (χ1n) is 15.4. The van der Waals surface area contributed by atoms with E-state index in [-0.39, 0.29) is 40.7 Å². The van der Waals surface area contributed by atoms with Crippen LogP contribution in [0.3, 0.4) is 0 Å². The Morgan fingerprint density at radius 1 is 1.02 bits per heavy atom. The smallest absolute Gasteiger partial charge is 0.206 e. The van der Waals surface area contributed by atoms with Crippen LogP contribution in [0.1, 0.15) is 96.9 Å². The predicted molar refractivity (Wildman–Crippen MR) is 168 cm³/mol. The number of ketones is 3. The lowest BCUT2D eigenvalue weighted by molar-refractivity contribution is -0.180. The molecule has 4 atom stereocenters. The Balaban J connectivity index is 1.81. The molecular weight excluding hydrogens is 540 g/mol. The van der Waals surface area contributed by atoms with Crippen molar-refractivity contribution in [2.45, 2.75) is 93.1 Å². The highest BCUT2D eigenvalue weighted by Crippen LogP contribution is 2.65. The summed E-state index contributed by atoms with van der Waals surface area (Å²) in [6.45, 7) is 16.9. The fourth-order valence-electron chi connectivity index (χ4n) is 9.00. The lowest BCUT2D eigenvalue weighted by Crippen LogP contribution is -2.70. The number of hydrogen-bond acceptors (Lipinski definition) is 6. The summed E-state index contributed by atoms with van der Waals surface area (Å²) in [5.41, 5.74) is 0.102. The number of hydrogen-bond donors (Lipinski definition) is 3. The number of aryl methyl sites for hydroxylation is 1. The van der Waals surface area contributed by atoms with Crippen LogP contribution < -0.4 is 0 Å². The molecule has 1 fully saturated rings. The highest BCUT2D eigenvalue weighted by molar-refractivity contribution is 6.33. The molecule has 0 heterocycles. The van der Waals surface area contributed by atoms with Crippen molar-refractivity contribution in [2.24, 2.45) is 22.7 Å². The van der Waals surface area contributed by atoms with E-state index >= 15 is 0 Å². The summed E-state index contributed by atoms with van der Waals surface area (Å²) in [4.78, 5) is 41.5. The van der Waals surface area contributed by atoms with E-state index in [4.69, 9.17) is 0 Å². The Morgan fingerprint density at radius 3 is 2.14 bits per heavy atom. The number of phenols is 1. The maximum absolute atomic E-state index is 14.7. The van der Waals surface area contributed by atoms with E-state index in [0.717, 1.165) is 28.7 Å². The van der Waals surface area contributed by atoms with Crippen LogP contribution in [0.15, 0.2) is 47.1 Å². The molecule has 0 spiro atoms. The van der Waals surface area contributed by atoms with E-state index in [1.165, 1.54) is 6.92 Å². The van der Waals surface area contributed by atoms with Gasteiger partial charge >= 0.3 is 0 Å². The molecule has 0 aromatic heterocycles. The molecule has 0 radical (unpaired) electrons. The number of aliphatic hydroxyl groups excluding tert-OH is 1.